The van der Waals surface area contributed by atoms with Crippen LogP contribution in [0.4, 0.5) is 0 Å². The molecule has 1 fully saturated rings. The van der Waals surface area contributed by atoms with Crippen molar-refractivity contribution in [2.45, 2.75) is 215 Å². The van der Waals surface area contributed by atoms with Crippen molar-refractivity contribution in [1.82, 2.24) is 14.7 Å². The van der Waals surface area contributed by atoms with Crippen LogP contribution in [0.25, 0.3) is 0 Å². The predicted octanol–water partition coefficient (Wildman–Crippen LogP) is 13.5. The van der Waals surface area contributed by atoms with Gasteiger partial charge in [-0.05, 0) is 161 Å². The van der Waals surface area contributed by atoms with Crippen molar-refractivity contribution < 1.29 is 15.3 Å². The Labute approximate surface area is 367 Å². The monoisotopic (exact) mass is 826 g/mol. The molecule has 0 spiro atoms. The summed E-state index contributed by atoms with van der Waals surface area (Å²) in [6, 6.07) is 13.5. The highest BCUT2D eigenvalue weighted by molar-refractivity contribution is 5.54. The molecule has 1 heterocycles. The largest absolute Gasteiger partial charge is 0.507 e. The Kier molecular flexibility index (Phi) is 12.7. The van der Waals surface area contributed by atoms with E-state index >= 15 is 0 Å². The number of nitrogens with zero attached hydrogens (tertiary/aromatic N) is 3. The van der Waals surface area contributed by atoms with Crippen LogP contribution in [-0.4, -0.2) is 50.0 Å². The highest BCUT2D eigenvalue weighted by atomic mass is 16.3. The molecule has 3 N–H and O–H groups in total. The van der Waals surface area contributed by atoms with Crippen LogP contribution in [0.5, 0.6) is 17.2 Å². The van der Waals surface area contributed by atoms with E-state index in [1.54, 1.807) is 0 Å². The topological polar surface area (TPSA) is 70.4 Å². The molecule has 6 nitrogen and oxygen atoms in total. The minimum Gasteiger partial charge on any atom is -0.507 e. The number of rotatable bonds is 6. The van der Waals surface area contributed by atoms with Crippen molar-refractivity contribution in [2.75, 3.05) is 20.0 Å². The van der Waals surface area contributed by atoms with Gasteiger partial charge in [0, 0.05) is 16.6 Å². The molecule has 0 atom stereocenters. The van der Waals surface area contributed by atoms with E-state index in [0.717, 1.165) is 33.4 Å². The summed E-state index contributed by atoms with van der Waals surface area (Å²) in [4.78, 5) is 7.82. The highest BCUT2D eigenvalue weighted by Crippen LogP contribution is 2.48. The molecule has 4 rings (SSSR count). The van der Waals surface area contributed by atoms with Gasteiger partial charge in [0.05, 0.1) is 20.0 Å². The Morgan fingerprint density at radius 3 is 0.533 bits per heavy atom. The Balaban J connectivity index is 2.06. The second-order valence-corrected chi connectivity index (χ2v) is 26.0. The van der Waals surface area contributed by atoms with E-state index in [1.807, 2.05) is 0 Å². The van der Waals surface area contributed by atoms with E-state index in [0.29, 0.717) is 37.3 Å². The van der Waals surface area contributed by atoms with Crippen LogP contribution in [0.1, 0.15) is 216 Å². The molecule has 3 aromatic carbocycles. The second kappa shape index (κ2) is 15.3. The summed E-state index contributed by atoms with van der Waals surface area (Å²) in [5.41, 5.74) is 6.38. The first-order chi connectivity index (χ1) is 26.5. The van der Waals surface area contributed by atoms with Gasteiger partial charge in [0.2, 0.25) is 0 Å². The smallest absolute Gasteiger partial charge is 0.123 e. The molecule has 1 aliphatic rings. The molecule has 0 amide bonds. The van der Waals surface area contributed by atoms with Gasteiger partial charge in [0.15, 0.2) is 0 Å². The van der Waals surface area contributed by atoms with Crippen LogP contribution >= 0.6 is 0 Å². The summed E-state index contributed by atoms with van der Waals surface area (Å²) in [7, 11) is 0. The molecule has 0 radical (unpaired) electrons. The molecule has 6 heteroatoms. The zero-order chi connectivity index (χ0) is 46.5. The lowest BCUT2D eigenvalue weighted by atomic mass is 9.75. The van der Waals surface area contributed by atoms with Crippen LogP contribution in [0, 0.1) is 0 Å². The maximum atomic E-state index is 11.8. The zero-order valence-electron chi connectivity index (χ0n) is 42.8. The lowest BCUT2D eigenvalue weighted by Crippen LogP contribution is -2.66. The molecule has 0 aromatic heterocycles. The fraction of sp³-hybridized carbons (Fsp3) is 0.667. The average molecular weight is 826 g/mol. The van der Waals surface area contributed by atoms with E-state index < -0.39 is 16.6 Å². The number of phenolic OH excluding ortho intramolecular Hbond substituents is 3. The minimum absolute atomic E-state index is 0.261. The number of phenols is 3. The zero-order valence-corrected chi connectivity index (χ0v) is 42.8. The molecule has 0 aliphatic carbocycles. The Morgan fingerprint density at radius 2 is 0.417 bits per heavy atom. The Morgan fingerprint density at radius 1 is 0.283 bits per heavy atom. The van der Waals surface area contributed by atoms with Gasteiger partial charge in [0.25, 0.3) is 0 Å². The number of benzene rings is 3. The summed E-state index contributed by atoms with van der Waals surface area (Å²) < 4.78 is 0. The third-order valence-corrected chi connectivity index (χ3v) is 13.7. The summed E-state index contributed by atoms with van der Waals surface area (Å²) in [6.07, 6.45) is 0. The van der Waals surface area contributed by atoms with E-state index in [-0.39, 0.29) is 32.5 Å². The van der Waals surface area contributed by atoms with Gasteiger partial charge in [0.1, 0.15) is 17.2 Å². The van der Waals surface area contributed by atoms with E-state index in [2.05, 4.69) is 217 Å². The molecule has 0 bridgehead atoms. The predicted molar refractivity (Wildman–Crippen MR) is 256 cm³/mol. The van der Waals surface area contributed by atoms with Crippen LogP contribution < -0.4 is 0 Å². The van der Waals surface area contributed by atoms with Crippen molar-refractivity contribution in [1.29, 1.82) is 0 Å². The van der Waals surface area contributed by atoms with Gasteiger partial charge < -0.3 is 15.3 Å². The van der Waals surface area contributed by atoms with Crippen LogP contribution in [-0.2, 0) is 49.1 Å². The fourth-order valence-corrected chi connectivity index (χ4v) is 8.75. The second-order valence-electron chi connectivity index (χ2n) is 26.0. The average Bonchev–Trinajstić information content (AvgIpc) is 3.04. The van der Waals surface area contributed by atoms with Crippen molar-refractivity contribution in [2.24, 2.45) is 0 Å². The van der Waals surface area contributed by atoms with Crippen LogP contribution in [0.15, 0.2) is 36.4 Å². The van der Waals surface area contributed by atoms with Crippen molar-refractivity contribution in [3.05, 3.63) is 86.5 Å². The quantitative estimate of drug-likeness (QED) is 0.230. The SMILES string of the molecule is CC(C)(C)c1cc(C(C)(C)N2CN(C(C)(C)c3cc(C(C)(C)C)c(O)c(C(C)(C)C)c3)CN(C(C)(C)c3cc(C(C)(C)C)c(O)c(C(C)(C)C)c3)C2)cc(C(C)(C)C)c1O. The Bertz CT molecular complexity index is 1710. The standard InChI is InChI=1S/C54H87N3O3/c1-46(2,3)37-25-34(26-38(43(37)58)47(4,5)6)52(19,20)55-31-56(53(21,22)35-27-39(48(7,8)9)44(59)40(28-35)49(10,11)12)33-57(32-55)54(23,24)36-29-41(50(13,14)15)45(60)42(30-36)51(16,17)18/h25-30,58-60H,31-33H2,1-24H3. The number of hydrogen-bond acceptors (Lipinski definition) is 6. The molecular formula is C54H87N3O3. The fourth-order valence-electron chi connectivity index (χ4n) is 8.75. The van der Waals surface area contributed by atoms with Gasteiger partial charge in [-0.15, -0.1) is 0 Å². The maximum absolute atomic E-state index is 11.8. The van der Waals surface area contributed by atoms with Crippen LogP contribution in [0.3, 0.4) is 0 Å². The van der Waals surface area contributed by atoms with E-state index in [4.69, 9.17) is 0 Å². The molecule has 0 saturated carbocycles. The van der Waals surface area contributed by atoms with E-state index in [9.17, 15) is 15.3 Å². The number of aromatic hydroxyl groups is 3. The summed E-state index contributed by atoms with van der Waals surface area (Å²) in [5, 5.41) is 35.4. The lowest BCUT2D eigenvalue weighted by Gasteiger charge is -2.57. The summed E-state index contributed by atoms with van der Waals surface area (Å²) >= 11 is 0. The molecule has 3 aromatic rings. The van der Waals surface area contributed by atoms with Gasteiger partial charge in [-0.1, -0.05) is 125 Å². The normalized spacial score (nSPS) is 16.8. The summed E-state index contributed by atoms with van der Waals surface area (Å²) in [6.45, 7) is 55.5. The van der Waals surface area contributed by atoms with Crippen molar-refractivity contribution in [3.63, 3.8) is 0 Å². The molecule has 1 aliphatic heterocycles. The van der Waals surface area contributed by atoms with E-state index in [1.165, 1.54) is 16.7 Å². The molecule has 1 saturated heterocycles. The first-order valence-corrected chi connectivity index (χ1v) is 22.5. The van der Waals surface area contributed by atoms with Crippen molar-refractivity contribution >= 4 is 0 Å². The first kappa shape index (κ1) is 49.6. The van der Waals surface area contributed by atoms with Gasteiger partial charge in [-0.25, -0.2) is 0 Å². The first-order valence-electron chi connectivity index (χ1n) is 22.5. The van der Waals surface area contributed by atoms with Crippen molar-refractivity contribution in [3.8, 4) is 17.2 Å². The Hall–Kier alpha value is -3.06. The molecule has 0 unspecified atom stereocenters. The molecule has 60 heavy (non-hydrogen) atoms. The third-order valence-electron chi connectivity index (χ3n) is 13.7. The molecule has 336 valence electrons. The van der Waals surface area contributed by atoms with Gasteiger partial charge in [-0.2, -0.15) is 0 Å². The minimum atomic E-state index is -0.457. The lowest BCUT2D eigenvalue weighted by molar-refractivity contribution is -0.143. The number of hydrogen-bond donors (Lipinski definition) is 3. The summed E-state index contributed by atoms with van der Waals surface area (Å²) in [5.74, 6) is 1.19. The molecular weight excluding hydrogens is 739 g/mol. The van der Waals surface area contributed by atoms with Gasteiger partial charge in [-0.3, -0.25) is 14.7 Å². The van der Waals surface area contributed by atoms with Crippen LogP contribution in [0.2, 0.25) is 0 Å². The third kappa shape index (κ3) is 9.61. The van der Waals surface area contributed by atoms with Gasteiger partial charge >= 0.3 is 0 Å². The highest BCUT2D eigenvalue weighted by Gasteiger charge is 2.46. The maximum Gasteiger partial charge on any atom is 0.123 e.